The van der Waals surface area contributed by atoms with Crippen molar-refractivity contribution in [1.29, 1.82) is 0 Å². The third-order valence-electron chi connectivity index (χ3n) is 2.77. The SMILES string of the molecule is O=c1c2sccc2ncn1Cc1ccc(F)c(Cl)c1. The van der Waals surface area contributed by atoms with Crippen LogP contribution in [0.5, 0.6) is 0 Å². The lowest BCUT2D eigenvalue weighted by molar-refractivity contribution is 0.626. The van der Waals surface area contributed by atoms with Crippen molar-refractivity contribution in [2.75, 3.05) is 0 Å². The summed E-state index contributed by atoms with van der Waals surface area (Å²) in [6, 6.07) is 6.22. The molecule has 0 radical (unpaired) electrons. The number of rotatable bonds is 2. The van der Waals surface area contributed by atoms with Gasteiger partial charge >= 0.3 is 0 Å². The van der Waals surface area contributed by atoms with Crippen molar-refractivity contribution in [1.82, 2.24) is 9.55 Å². The molecule has 96 valence electrons. The number of hydrogen-bond donors (Lipinski definition) is 0. The predicted octanol–water partition coefficient (Wildman–Crippen LogP) is 3.30. The third kappa shape index (κ3) is 2.27. The van der Waals surface area contributed by atoms with Gasteiger partial charge in [0.15, 0.2) is 0 Å². The van der Waals surface area contributed by atoms with Crippen LogP contribution in [0.1, 0.15) is 5.56 Å². The normalized spacial score (nSPS) is 11.1. The van der Waals surface area contributed by atoms with E-state index in [9.17, 15) is 9.18 Å². The number of hydrogen-bond acceptors (Lipinski definition) is 3. The monoisotopic (exact) mass is 294 g/mol. The van der Waals surface area contributed by atoms with Crippen LogP contribution in [-0.4, -0.2) is 9.55 Å². The van der Waals surface area contributed by atoms with E-state index in [1.165, 1.54) is 34.4 Å². The molecule has 0 N–H and O–H groups in total. The van der Waals surface area contributed by atoms with Crippen LogP contribution < -0.4 is 5.56 Å². The van der Waals surface area contributed by atoms with Crippen molar-refractivity contribution < 1.29 is 4.39 Å². The minimum absolute atomic E-state index is 0.0516. The Morgan fingerprint density at radius 1 is 1.37 bits per heavy atom. The number of benzene rings is 1. The molecule has 0 unspecified atom stereocenters. The Kier molecular flexibility index (Phi) is 3.08. The quantitative estimate of drug-likeness (QED) is 0.727. The fraction of sp³-hybridized carbons (Fsp3) is 0.0769. The van der Waals surface area contributed by atoms with Gasteiger partial charge in [0.05, 0.1) is 23.4 Å². The summed E-state index contributed by atoms with van der Waals surface area (Å²) in [6.45, 7) is 0.319. The molecule has 0 fully saturated rings. The number of nitrogens with zero attached hydrogens (tertiary/aromatic N) is 2. The summed E-state index contributed by atoms with van der Waals surface area (Å²) in [5.41, 5.74) is 1.36. The smallest absolute Gasteiger partial charge is 0.271 e. The van der Waals surface area contributed by atoms with E-state index in [1.807, 2.05) is 5.38 Å². The minimum atomic E-state index is -0.468. The Balaban J connectivity index is 2.03. The minimum Gasteiger partial charge on any atom is -0.294 e. The zero-order valence-corrected chi connectivity index (χ0v) is 11.2. The van der Waals surface area contributed by atoms with Gasteiger partial charge in [-0.2, -0.15) is 0 Å². The highest BCUT2D eigenvalue weighted by Gasteiger charge is 2.07. The molecule has 0 atom stereocenters. The van der Waals surface area contributed by atoms with Crippen LogP contribution in [0.15, 0.2) is 40.8 Å². The molecule has 0 bridgehead atoms. The first kappa shape index (κ1) is 12.3. The lowest BCUT2D eigenvalue weighted by Crippen LogP contribution is -2.20. The highest BCUT2D eigenvalue weighted by molar-refractivity contribution is 7.17. The van der Waals surface area contributed by atoms with Crippen molar-refractivity contribution in [2.24, 2.45) is 0 Å². The van der Waals surface area contributed by atoms with E-state index in [4.69, 9.17) is 11.6 Å². The highest BCUT2D eigenvalue weighted by atomic mass is 35.5. The molecule has 3 rings (SSSR count). The third-order valence-corrected chi connectivity index (χ3v) is 3.95. The largest absolute Gasteiger partial charge is 0.294 e. The Morgan fingerprint density at radius 3 is 3.00 bits per heavy atom. The Bertz CT molecular complexity index is 812. The van der Waals surface area contributed by atoms with Gasteiger partial charge in [-0.1, -0.05) is 17.7 Å². The molecule has 0 aliphatic rings. The molecular formula is C13H8ClFN2OS. The zero-order valence-electron chi connectivity index (χ0n) is 9.64. The van der Waals surface area contributed by atoms with Crippen LogP contribution in [0, 0.1) is 5.82 Å². The van der Waals surface area contributed by atoms with Gasteiger partial charge in [0.1, 0.15) is 10.5 Å². The predicted molar refractivity (Wildman–Crippen MR) is 74.4 cm³/mol. The van der Waals surface area contributed by atoms with Gasteiger partial charge in [0.2, 0.25) is 0 Å². The molecule has 0 aliphatic carbocycles. The number of thiophene rings is 1. The molecule has 19 heavy (non-hydrogen) atoms. The van der Waals surface area contributed by atoms with Crippen LogP contribution in [0.2, 0.25) is 5.02 Å². The summed E-state index contributed by atoms with van der Waals surface area (Å²) in [6.07, 6.45) is 1.49. The van der Waals surface area contributed by atoms with E-state index >= 15 is 0 Å². The fourth-order valence-electron chi connectivity index (χ4n) is 1.83. The summed E-state index contributed by atoms with van der Waals surface area (Å²) in [4.78, 5) is 16.4. The van der Waals surface area contributed by atoms with E-state index < -0.39 is 5.82 Å². The Labute approximate surface area is 116 Å². The van der Waals surface area contributed by atoms with Gasteiger partial charge in [-0.15, -0.1) is 11.3 Å². The lowest BCUT2D eigenvalue weighted by Gasteiger charge is -2.06. The molecule has 6 heteroatoms. The van der Waals surface area contributed by atoms with Crippen molar-refractivity contribution in [3.8, 4) is 0 Å². The van der Waals surface area contributed by atoms with Crippen molar-refractivity contribution in [3.05, 3.63) is 62.7 Å². The maximum absolute atomic E-state index is 13.1. The first-order valence-corrected chi connectivity index (χ1v) is 6.77. The summed E-state index contributed by atoms with van der Waals surface area (Å²) in [5.74, 6) is -0.468. The molecule has 0 saturated heterocycles. The fourth-order valence-corrected chi connectivity index (χ4v) is 2.82. The number of aromatic nitrogens is 2. The van der Waals surface area contributed by atoms with E-state index in [2.05, 4.69) is 4.98 Å². The van der Waals surface area contributed by atoms with E-state index in [0.29, 0.717) is 16.8 Å². The summed E-state index contributed by atoms with van der Waals surface area (Å²) in [5, 5.41) is 1.88. The van der Waals surface area contributed by atoms with Gasteiger partial charge in [0, 0.05) is 0 Å². The van der Waals surface area contributed by atoms with E-state index in [1.54, 1.807) is 12.1 Å². The first-order chi connectivity index (χ1) is 9.15. The van der Waals surface area contributed by atoms with Crippen LogP contribution in [0.4, 0.5) is 4.39 Å². The number of halogens is 2. The molecule has 2 heterocycles. The van der Waals surface area contributed by atoms with E-state index in [-0.39, 0.29) is 10.6 Å². The van der Waals surface area contributed by atoms with Gasteiger partial charge in [0.25, 0.3) is 5.56 Å². The molecule has 3 nitrogen and oxygen atoms in total. The van der Waals surface area contributed by atoms with Crippen LogP contribution >= 0.6 is 22.9 Å². The molecule has 0 spiro atoms. The number of fused-ring (bicyclic) bond motifs is 1. The molecule has 0 amide bonds. The standard InChI is InChI=1S/C13H8ClFN2OS/c14-9-5-8(1-2-10(9)15)6-17-7-16-11-3-4-19-12(11)13(17)18/h1-5,7H,6H2. The summed E-state index contributed by atoms with van der Waals surface area (Å²) < 4.78 is 15.2. The van der Waals surface area contributed by atoms with Crippen molar-refractivity contribution in [3.63, 3.8) is 0 Å². The molecule has 2 aromatic heterocycles. The molecule has 0 saturated carbocycles. The Hall–Kier alpha value is -1.72. The van der Waals surface area contributed by atoms with Crippen LogP contribution in [0.25, 0.3) is 10.2 Å². The molecule has 3 aromatic rings. The van der Waals surface area contributed by atoms with E-state index in [0.717, 1.165) is 5.56 Å². The molecule has 1 aromatic carbocycles. The zero-order chi connectivity index (χ0) is 13.4. The second kappa shape index (κ2) is 4.75. The van der Waals surface area contributed by atoms with Gasteiger partial charge < -0.3 is 0 Å². The van der Waals surface area contributed by atoms with Crippen molar-refractivity contribution in [2.45, 2.75) is 6.54 Å². The van der Waals surface area contributed by atoms with Gasteiger partial charge in [-0.05, 0) is 29.1 Å². The lowest BCUT2D eigenvalue weighted by atomic mass is 10.2. The average molecular weight is 295 g/mol. The van der Waals surface area contributed by atoms with Crippen LogP contribution in [0.3, 0.4) is 0 Å². The topological polar surface area (TPSA) is 34.9 Å². The second-order valence-electron chi connectivity index (χ2n) is 4.06. The summed E-state index contributed by atoms with van der Waals surface area (Å²) in [7, 11) is 0. The molecule has 0 aliphatic heterocycles. The highest BCUT2D eigenvalue weighted by Crippen LogP contribution is 2.17. The molecular weight excluding hydrogens is 287 g/mol. The average Bonchev–Trinajstić information content (AvgIpc) is 2.86. The first-order valence-electron chi connectivity index (χ1n) is 5.52. The van der Waals surface area contributed by atoms with Gasteiger partial charge in [-0.25, -0.2) is 9.37 Å². The van der Waals surface area contributed by atoms with Gasteiger partial charge in [-0.3, -0.25) is 9.36 Å². The Morgan fingerprint density at radius 2 is 2.21 bits per heavy atom. The maximum Gasteiger partial charge on any atom is 0.271 e. The van der Waals surface area contributed by atoms with Crippen LogP contribution in [-0.2, 0) is 6.54 Å². The maximum atomic E-state index is 13.1. The second-order valence-corrected chi connectivity index (χ2v) is 5.38. The van der Waals surface area contributed by atoms with Crippen molar-refractivity contribution >= 4 is 33.2 Å². The summed E-state index contributed by atoms with van der Waals surface area (Å²) >= 11 is 7.08.